The van der Waals surface area contributed by atoms with E-state index in [0.717, 1.165) is 37.1 Å². The van der Waals surface area contributed by atoms with Gasteiger partial charge in [0, 0.05) is 17.8 Å². The lowest BCUT2D eigenvalue weighted by molar-refractivity contribution is -0.119. The van der Waals surface area contributed by atoms with E-state index in [9.17, 15) is 26.8 Å². The van der Waals surface area contributed by atoms with E-state index < -0.39 is 40.1 Å². The highest BCUT2D eigenvalue weighted by Crippen LogP contribution is 2.28. The van der Waals surface area contributed by atoms with E-state index in [0.29, 0.717) is 0 Å². The number of esters is 1. The summed E-state index contributed by atoms with van der Waals surface area (Å²) in [4.78, 5) is 23.9. The zero-order valence-corrected chi connectivity index (χ0v) is 16.6. The van der Waals surface area contributed by atoms with Gasteiger partial charge < -0.3 is 14.8 Å². The number of rotatable bonds is 8. The molecule has 2 aromatic rings. The predicted octanol–water partition coefficient (Wildman–Crippen LogP) is 2.21. The van der Waals surface area contributed by atoms with E-state index in [-0.39, 0.29) is 27.9 Å². The molecule has 0 saturated heterocycles. The van der Waals surface area contributed by atoms with Crippen LogP contribution >= 0.6 is 0 Å². The first-order valence-corrected chi connectivity index (χ1v) is 10.3. The molecule has 1 aliphatic rings. The van der Waals surface area contributed by atoms with Crippen molar-refractivity contribution in [2.45, 2.75) is 23.8 Å². The van der Waals surface area contributed by atoms with Crippen molar-refractivity contribution in [2.75, 3.05) is 19.0 Å². The summed E-state index contributed by atoms with van der Waals surface area (Å²) in [6, 6.07) is 6.32. The van der Waals surface area contributed by atoms with Crippen LogP contribution in [0.2, 0.25) is 0 Å². The molecule has 11 heteroatoms. The Morgan fingerprint density at radius 2 is 1.83 bits per heavy atom. The molecule has 2 aromatic carbocycles. The number of amides is 1. The molecule has 0 atom stereocenters. The summed E-state index contributed by atoms with van der Waals surface area (Å²) >= 11 is 0. The minimum atomic E-state index is -3.90. The van der Waals surface area contributed by atoms with Gasteiger partial charge in [-0.2, -0.15) is 0 Å². The van der Waals surface area contributed by atoms with Crippen LogP contribution in [-0.2, 0) is 19.6 Å². The number of hydrogen-bond donors (Lipinski definition) is 2. The second kappa shape index (κ2) is 8.76. The highest BCUT2D eigenvalue weighted by molar-refractivity contribution is 7.89. The minimum Gasteiger partial charge on any atom is -0.495 e. The maximum atomic E-state index is 13.2. The monoisotopic (exact) mass is 440 g/mol. The van der Waals surface area contributed by atoms with Gasteiger partial charge in [-0.15, -0.1) is 0 Å². The van der Waals surface area contributed by atoms with E-state index in [1.165, 1.54) is 19.2 Å². The van der Waals surface area contributed by atoms with E-state index in [1.54, 1.807) is 0 Å². The van der Waals surface area contributed by atoms with Crippen molar-refractivity contribution < 1.29 is 36.3 Å². The standard InChI is InChI=1S/C19H18F2N2O6S/c1-28-16-7-2-11(8-17(16)30(26,27)23-12-3-4-12)19(25)29-10-18(24)22-13-5-6-14(20)15(21)9-13/h2,5-9,12,23H,3-4,10H2,1H3,(H,22,24). The van der Waals surface area contributed by atoms with Gasteiger partial charge in [0.05, 0.1) is 12.7 Å². The second-order valence-corrected chi connectivity index (χ2v) is 8.20. The average Bonchev–Trinajstić information content (AvgIpc) is 3.51. The van der Waals surface area contributed by atoms with E-state index in [1.807, 2.05) is 0 Å². The molecule has 1 amide bonds. The van der Waals surface area contributed by atoms with E-state index in [4.69, 9.17) is 9.47 Å². The molecule has 0 heterocycles. The van der Waals surface area contributed by atoms with Gasteiger partial charge in [-0.1, -0.05) is 0 Å². The number of halogens is 2. The van der Waals surface area contributed by atoms with E-state index >= 15 is 0 Å². The number of sulfonamides is 1. The molecule has 0 radical (unpaired) electrons. The zero-order valence-electron chi connectivity index (χ0n) is 15.8. The van der Waals surface area contributed by atoms with Gasteiger partial charge >= 0.3 is 5.97 Å². The Labute approximate surface area is 171 Å². The number of carbonyl (C=O) groups is 2. The van der Waals surface area contributed by atoms with Crippen LogP contribution in [0.25, 0.3) is 0 Å². The van der Waals surface area contributed by atoms with Crippen LogP contribution in [0, 0.1) is 11.6 Å². The number of anilines is 1. The molecule has 0 unspecified atom stereocenters. The van der Waals surface area contributed by atoms with Crippen LogP contribution in [0.4, 0.5) is 14.5 Å². The molecule has 1 aliphatic carbocycles. The average molecular weight is 440 g/mol. The summed E-state index contributed by atoms with van der Waals surface area (Å²) in [6.45, 7) is -0.716. The van der Waals surface area contributed by atoms with Crippen molar-refractivity contribution in [3.05, 3.63) is 53.6 Å². The van der Waals surface area contributed by atoms with Crippen LogP contribution in [0.15, 0.2) is 41.3 Å². The highest BCUT2D eigenvalue weighted by Gasteiger charge is 2.30. The summed E-state index contributed by atoms with van der Waals surface area (Å²) in [7, 11) is -2.61. The molecule has 0 bridgehead atoms. The van der Waals surface area contributed by atoms with Gasteiger partial charge in [-0.25, -0.2) is 26.7 Å². The van der Waals surface area contributed by atoms with Crippen molar-refractivity contribution in [3.63, 3.8) is 0 Å². The van der Waals surface area contributed by atoms with Crippen molar-refractivity contribution in [3.8, 4) is 5.75 Å². The van der Waals surface area contributed by atoms with Crippen LogP contribution in [0.3, 0.4) is 0 Å². The smallest absolute Gasteiger partial charge is 0.338 e. The second-order valence-electron chi connectivity index (χ2n) is 6.51. The molecule has 1 saturated carbocycles. The van der Waals surface area contributed by atoms with E-state index in [2.05, 4.69) is 10.0 Å². The van der Waals surface area contributed by atoms with Crippen molar-refractivity contribution in [1.82, 2.24) is 4.72 Å². The summed E-state index contributed by atoms with van der Waals surface area (Å²) in [5, 5.41) is 2.25. The number of carbonyl (C=O) groups excluding carboxylic acids is 2. The third kappa shape index (κ3) is 5.30. The normalized spacial score (nSPS) is 13.6. The zero-order chi connectivity index (χ0) is 21.9. The fourth-order valence-corrected chi connectivity index (χ4v) is 3.98. The Balaban J connectivity index is 1.66. The number of nitrogens with one attached hydrogen (secondary N) is 2. The quantitative estimate of drug-likeness (QED) is 0.609. The van der Waals surface area contributed by atoms with Crippen LogP contribution in [0.1, 0.15) is 23.2 Å². The molecule has 30 heavy (non-hydrogen) atoms. The van der Waals surface area contributed by atoms with Crippen LogP contribution in [0.5, 0.6) is 5.75 Å². The summed E-state index contributed by atoms with van der Waals surface area (Å²) < 4.78 is 63.5. The van der Waals surface area contributed by atoms with Crippen LogP contribution in [-0.4, -0.2) is 40.1 Å². The third-order valence-corrected chi connectivity index (χ3v) is 5.67. The Bertz CT molecular complexity index is 1090. The topological polar surface area (TPSA) is 111 Å². The van der Waals surface area contributed by atoms with Crippen molar-refractivity contribution >= 4 is 27.6 Å². The fourth-order valence-electron chi connectivity index (χ4n) is 2.48. The summed E-state index contributed by atoms with van der Waals surface area (Å²) in [6.07, 6.45) is 1.46. The summed E-state index contributed by atoms with van der Waals surface area (Å²) in [5.74, 6) is -3.89. The first-order valence-electron chi connectivity index (χ1n) is 8.82. The maximum Gasteiger partial charge on any atom is 0.338 e. The number of ether oxygens (including phenoxy) is 2. The number of benzene rings is 2. The first-order chi connectivity index (χ1) is 14.2. The molecule has 3 rings (SSSR count). The third-order valence-electron chi connectivity index (χ3n) is 4.13. The number of hydrogen-bond acceptors (Lipinski definition) is 6. The largest absolute Gasteiger partial charge is 0.495 e. The molecule has 0 aliphatic heterocycles. The Hall–Kier alpha value is -3.05. The first kappa shape index (κ1) is 21.7. The van der Waals surface area contributed by atoms with Crippen molar-refractivity contribution in [1.29, 1.82) is 0 Å². The lowest BCUT2D eigenvalue weighted by Crippen LogP contribution is -2.26. The van der Waals surface area contributed by atoms with Gasteiger partial charge in [0.15, 0.2) is 18.2 Å². The Morgan fingerprint density at radius 3 is 2.47 bits per heavy atom. The molecule has 0 spiro atoms. The van der Waals surface area contributed by atoms with Gasteiger partial charge in [0.1, 0.15) is 10.6 Å². The lowest BCUT2D eigenvalue weighted by Gasteiger charge is -2.12. The van der Waals surface area contributed by atoms with Gasteiger partial charge in [0.25, 0.3) is 5.91 Å². The van der Waals surface area contributed by atoms with Crippen LogP contribution < -0.4 is 14.8 Å². The minimum absolute atomic E-state index is 0.0149. The fraction of sp³-hybridized carbons (Fsp3) is 0.263. The molecular formula is C19H18F2N2O6S. The number of methoxy groups -OCH3 is 1. The summed E-state index contributed by atoms with van der Waals surface area (Å²) in [5.41, 5.74) is -0.119. The predicted molar refractivity (Wildman–Crippen MR) is 102 cm³/mol. The highest BCUT2D eigenvalue weighted by atomic mass is 32.2. The molecule has 8 nitrogen and oxygen atoms in total. The van der Waals surface area contributed by atoms with Gasteiger partial charge in [0.2, 0.25) is 10.0 Å². The molecule has 0 aromatic heterocycles. The Kier molecular flexibility index (Phi) is 6.32. The molecular weight excluding hydrogens is 422 g/mol. The van der Waals surface area contributed by atoms with Gasteiger partial charge in [-0.3, -0.25) is 4.79 Å². The van der Waals surface area contributed by atoms with Crippen molar-refractivity contribution in [2.24, 2.45) is 0 Å². The van der Waals surface area contributed by atoms with Gasteiger partial charge in [-0.05, 0) is 43.2 Å². The SMILES string of the molecule is COc1ccc(C(=O)OCC(=O)Nc2ccc(F)c(F)c2)cc1S(=O)(=O)NC1CC1. The molecule has 160 valence electrons. The molecule has 1 fully saturated rings. The lowest BCUT2D eigenvalue weighted by atomic mass is 10.2. The maximum absolute atomic E-state index is 13.2. The Morgan fingerprint density at radius 1 is 1.10 bits per heavy atom. The molecule has 2 N–H and O–H groups in total.